The fraction of sp³-hybridized carbons (Fsp3) is 0.300. The Bertz CT molecular complexity index is 1010. The van der Waals surface area contributed by atoms with Crippen LogP contribution in [-0.2, 0) is 11.8 Å². The number of halogens is 2. The predicted octanol–water partition coefficient (Wildman–Crippen LogP) is 2.59. The Morgan fingerprint density at radius 3 is 2.62 bits per heavy atom. The maximum atomic E-state index is 14.7. The van der Waals surface area contributed by atoms with Crippen LogP contribution in [-0.4, -0.2) is 33.8 Å². The van der Waals surface area contributed by atoms with Gasteiger partial charge in [-0.1, -0.05) is 6.92 Å². The minimum absolute atomic E-state index is 0.0653. The van der Waals surface area contributed by atoms with Gasteiger partial charge in [0.1, 0.15) is 17.6 Å². The molecule has 1 heterocycles. The van der Waals surface area contributed by atoms with E-state index in [2.05, 4.69) is 5.32 Å². The number of aliphatic hydroxyl groups is 1. The highest BCUT2D eigenvalue weighted by atomic mass is 19.1. The van der Waals surface area contributed by atoms with E-state index in [0.717, 1.165) is 22.9 Å². The summed E-state index contributed by atoms with van der Waals surface area (Å²) in [6, 6.07) is 4.90. The van der Waals surface area contributed by atoms with Gasteiger partial charge in [0.05, 0.1) is 11.1 Å². The van der Waals surface area contributed by atoms with Gasteiger partial charge < -0.3 is 15.0 Å². The summed E-state index contributed by atoms with van der Waals surface area (Å²) < 4.78 is 29.2. The van der Waals surface area contributed by atoms with Crippen molar-refractivity contribution in [3.05, 3.63) is 52.9 Å². The first-order chi connectivity index (χ1) is 13.7. The number of aliphatic hydroxyl groups excluding tert-OH is 1. The SMILES string of the molecule is C[C@H](CO)CCC(=O)C(=O)c1cn(C)c(C(=O)Nc2ccc(F)c(C#N)c2)c1F. The summed E-state index contributed by atoms with van der Waals surface area (Å²) in [5, 5.41) is 20.1. The zero-order valence-corrected chi connectivity index (χ0v) is 15.8. The van der Waals surface area contributed by atoms with Crippen LogP contribution >= 0.6 is 0 Å². The number of amides is 1. The quantitative estimate of drug-likeness (QED) is 0.520. The maximum absolute atomic E-state index is 14.7. The summed E-state index contributed by atoms with van der Waals surface area (Å²) >= 11 is 0. The van der Waals surface area contributed by atoms with Crippen molar-refractivity contribution in [2.75, 3.05) is 11.9 Å². The number of aromatic nitrogens is 1. The molecule has 0 saturated heterocycles. The first kappa shape index (κ1) is 21.9. The van der Waals surface area contributed by atoms with E-state index in [-0.39, 0.29) is 36.6 Å². The second kappa shape index (κ2) is 9.21. The van der Waals surface area contributed by atoms with Crippen LogP contribution in [0.1, 0.15) is 46.2 Å². The normalized spacial score (nSPS) is 11.6. The van der Waals surface area contributed by atoms with E-state index in [4.69, 9.17) is 10.4 Å². The Labute approximate surface area is 165 Å². The first-order valence-corrected chi connectivity index (χ1v) is 8.73. The van der Waals surface area contributed by atoms with E-state index in [0.29, 0.717) is 0 Å². The third-order valence-corrected chi connectivity index (χ3v) is 4.35. The van der Waals surface area contributed by atoms with Gasteiger partial charge in [-0.05, 0) is 30.5 Å². The van der Waals surface area contributed by atoms with Gasteiger partial charge in [-0.25, -0.2) is 8.78 Å². The second-order valence-corrected chi connectivity index (χ2v) is 6.66. The van der Waals surface area contributed by atoms with Crippen LogP contribution < -0.4 is 5.32 Å². The number of carbonyl (C=O) groups excluding carboxylic acids is 3. The molecule has 152 valence electrons. The van der Waals surface area contributed by atoms with Crippen molar-refractivity contribution in [2.24, 2.45) is 13.0 Å². The molecule has 1 atom stereocenters. The molecule has 0 saturated carbocycles. The van der Waals surface area contributed by atoms with Crippen LogP contribution in [0, 0.1) is 28.9 Å². The van der Waals surface area contributed by atoms with Crippen molar-refractivity contribution in [3.8, 4) is 6.07 Å². The molecule has 0 fully saturated rings. The summed E-state index contributed by atoms with van der Waals surface area (Å²) in [4.78, 5) is 36.7. The summed E-state index contributed by atoms with van der Waals surface area (Å²) in [6.07, 6.45) is 1.17. The fourth-order valence-electron chi connectivity index (χ4n) is 2.63. The van der Waals surface area contributed by atoms with Crippen molar-refractivity contribution in [1.29, 1.82) is 5.26 Å². The topological polar surface area (TPSA) is 112 Å². The molecule has 2 rings (SSSR count). The Morgan fingerprint density at radius 2 is 2.00 bits per heavy atom. The molecule has 7 nitrogen and oxygen atoms in total. The average molecular weight is 403 g/mol. The summed E-state index contributed by atoms with van der Waals surface area (Å²) in [6.45, 7) is 1.57. The molecule has 0 spiro atoms. The smallest absolute Gasteiger partial charge is 0.275 e. The predicted molar refractivity (Wildman–Crippen MR) is 99.3 cm³/mol. The van der Waals surface area contributed by atoms with E-state index in [1.165, 1.54) is 13.1 Å². The van der Waals surface area contributed by atoms with Crippen molar-refractivity contribution in [2.45, 2.75) is 19.8 Å². The molecule has 0 aliphatic carbocycles. The number of aryl methyl sites for hydroxylation is 1. The number of rotatable bonds is 8. The number of hydrogen-bond donors (Lipinski definition) is 2. The third-order valence-electron chi connectivity index (χ3n) is 4.35. The van der Waals surface area contributed by atoms with Gasteiger partial charge in [-0.15, -0.1) is 0 Å². The molecule has 0 bridgehead atoms. The van der Waals surface area contributed by atoms with Gasteiger partial charge in [-0.2, -0.15) is 5.26 Å². The maximum Gasteiger partial charge on any atom is 0.275 e. The zero-order chi connectivity index (χ0) is 21.7. The van der Waals surface area contributed by atoms with Crippen molar-refractivity contribution in [3.63, 3.8) is 0 Å². The lowest BCUT2D eigenvalue weighted by molar-refractivity contribution is -0.115. The molecule has 29 heavy (non-hydrogen) atoms. The van der Waals surface area contributed by atoms with Gasteiger partial charge >= 0.3 is 0 Å². The van der Waals surface area contributed by atoms with Crippen LogP contribution in [0.2, 0.25) is 0 Å². The van der Waals surface area contributed by atoms with Gasteiger partial charge in [-0.3, -0.25) is 14.4 Å². The lowest BCUT2D eigenvalue weighted by Gasteiger charge is -2.07. The molecule has 2 N–H and O–H groups in total. The van der Waals surface area contributed by atoms with E-state index in [9.17, 15) is 23.2 Å². The van der Waals surface area contributed by atoms with Gasteiger partial charge in [0.25, 0.3) is 5.91 Å². The highest BCUT2D eigenvalue weighted by Gasteiger charge is 2.28. The largest absolute Gasteiger partial charge is 0.396 e. The van der Waals surface area contributed by atoms with Crippen LogP contribution in [0.15, 0.2) is 24.4 Å². The fourth-order valence-corrected chi connectivity index (χ4v) is 2.63. The minimum Gasteiger partial charge on any atom is -0.396 e. The Morgan fingerprint density at radius 1 is 1.31 bits per heavy atom. The Balaban J connectivity index is 2.22. The molecule has 0 radical (unpaired) electrons. The molecule has 2 aromatic rings. The first-order valence-electron chi connectivity index (χ1n) is 8.73. The van der Waals surface area contributed by atoms with E-state index in [1.54, 1.807) is 13.0 Å². The molecule has 0 unspecified atom stereocenters. The van der Waals surface area contributed by atoms with Crippen LogP contribution in [0.5, 0.6) is 0 Å². The van der Waals surface area contributed by atoms with Gasteiger partial charge in [0.2, 0.25) is 11.6 Å². The van der Waals surface area contributed by atoms with Gasteiger partial charge in [0, 0.05) is 32.0 Å². The number of anilines is 1. The van der Waals surface area contributed by atoms with Crippen LogP contribution in [0.25, 0.3) is 0 Å². The zero-order valence-electron chi connectivity index (χ0n) is 15.8. The van der Waals surface area contributed by atoms with E-state index >= 15 is 0 Å². The second-order valence-electron chi connectivity index (χ2n) is 6.66. The lowest BCUT2D eigenvalue weighted by atomic mass is 10.0. The van der Waals surface area contributed by atoms with Crippen LogP contribution in [0.4, 0.5) is 14.5 Å². The molecule has 0 aliphatic heterocycles. The van der Waals surface area contributed by atoms with Crippen molar-refractivity contribution < 1.29 is 28.3 Å². The Hall–Kier alpha value is -3.38. The summed E-state index contributed by atoms with van der Waals surface area (Å²) in [7, 11) is 1.33. The number of nitrogens with one attached hydrogen (secondary N) is 1. The molecule has 1 amide bonds. The number of nitrogens with zero attached hydrogens (tertiary/aromatic N) is 2. The van der Waals surface area contributed by atoms with Crippen molar-refractivity contribution >= 4 is 23.2 Å². The molecular weight excluding hydrogens is 384 g/mol. The van der Waals surface area contributed by atoms with E-state index < -0.39 is 40.4 Å². The number of Topliss-reactive ketones (excluding diaryl/α,β-unsaturated/α-hetero) is 2. The minimum atomic E-state index is -1.15. The standard InChI is InChI=1S/C20H19F2N3O4/c1-11(10-26)3-6-16(27)19(28)14-9-25(2)18(17(14)22)20(29)24-13-4-5-15(21)12(7-13)8-23/h4-5,7,9,11,26H,3,6,10H2,1-2H3,(H,24,29)/t11-/m0/s1. The number of ketones is 2. The molecular formula is C20H19F2N3O4. The monoisotopic (exact) mass is 403 g/mol. The Kier molecular flexibility index (Phi) is 6.96. The number of nitriles is 1. The van der Waals surface area contributed by atoms with Crippen molar-refractivity contribution in [1.82, 2.24) is 4.57 Å². The summed E-state index contributed by atoms with van der Waals surface area (Å²) in [5.41, 5.74) is -1.26. The lowest BCUT2D eigenvalue weighted by Crippen LogP contribution is -2.18. The molecule has 1 aromatic carbocycles. The highest BCUT2D eigenvalue weighted by molar-refractivity contribution is 6.43. The summed E-state index contributed by atoms with van der Waals surface area (Å²) in [5.74, 6) is -4.91. The van der Waals surface area contributed by atoms with Gasteiger partial charge in [0.15, 0.2) is 5.82 Å². The molecule has 9 heteroatoms. The molecule has 0 aliphatic rings. The average Bonchev–Trinajstić information content (AvgIpc) is 3.00. The number of carbonyl (C=O) groups is 3. The van der Waals surface area contributed by atoms with Crippen LogP contribution in [0.3, 0.4) is 0 Å². The van der Waals surface area contributed by atoms with E-state index in [1.807, 2.05) is 0 Å². The number of benzene rings is 1. The highest BCUT2D eigenvalue weighted by Crippen LogP contribution is 2.20. The number of hydrogen-bond acceptors (Lipinski definition) is 5. The molecule has 1 aromatic heterocycles. The third kappa shape index (κ3) is 4.92.